The Morgan fingerprint density at radius 3 is 2.31 bits per heavy atom. The first-order valence-electron chi connectivity index (χ1n) is 10.2. The minimum atomic E-state index is -0.596. The van der Waals surface area contributed by atoms with Crippen LogP contribution < -0.4 is 4.74 Å². The lowest BCUT2D eigenvalue weighted by atomic mass is 10.0. The quantitative estimate of drug-likeness (QED) is 0.517. The molecule has 0 aliphatic rings. The van der Waals surface area contributed by atoms with E-state index in [1.807, 2.05) is 43.3 Å². The number of furan rings is 1. The molecule has 0 bridgehead atoms. The second-order valence-electron chi connectivity index (χ2n) is 7.92. The van der Waals surface area contributed by atoms with Gasteiger partial charge in [0.05, 0.1) is 12.8 Å². The number of aliphatic hydroxyl groups excluding tert-OH is 1. The zero-order valence-electron chi connectivity index (χ0n) is 17.5. The Balaban J connectivity index is 1.60. The first-order chi connectivity index (χ1) is 14.0. The Hall–Kier alpha value is -2.56. The van der Waals surface area contributed by atoms with Crippen molar-refractivity contribution in [3.8, 4) is 5.75 Å². The maximum Gasteiger partial charge on any atom is 0.119 e. The maximum atomic E-state index is 10.6. The van der Waals surface area contributed by atoms with Gasteiger partial charge in [0.25, 0.3) is 0 Å². The molecule has 29 heavy (non-hydrogen) atoms. The van der Waals surface area contributed by atoms with Crippen LogP contribution in [0.5, 0.6) is 5.75 Å². The van der Waals surface area contributed by atoms with E-state index in [9.17, 15) is 5.11 Å². The second kappa shape index (κ2) is 10.3. The molecule has 2 aromatic carbocycles. The highest BCUT2D eigenvalue weighted by Crippen LogP contribution is 2.17. The molecule has 0 aliphatic carbocycles. The van der Waals surface area contributed by atoms with Crippen LogP contribution in [-0.4, -0.2) is 29.3 Å². The van der Waals surface area contributed by atoms with E-state index in [0.717, 1.165) is 18.1 Å². The van der Waals surface area contributed by atoms with Crippen LogP contribution in [0.3, 0.4) is 0 Å². The molecule has 3 rings (SSSR count). The van der Waals surface area contributed by atoms with E-state index < -0.39 is 6.10 Å². The van der Waals surface area contributed by atoms with Crippen LogP contribution in [0.15, 0.2) is 71.3 Å². The molecule has 0 fully saturated rings. The molecule has 1 heterocycles. The molecule has 0 aliphatic heterocycles. The van der Waals surface area contributed by atoms with Gasteiger partial charge in [0.2, 0.25) is 0 Å². The van der Waals surface area contributed by atoms with Crippen LogP contribution in [0, 0.1) is 6.92 Å². The van der Waals surface area contributed by atoms with Crippen molar-refractivity contribution in [1.82, 2.24) is 4.90 Å². The number of hydrogen-bond donors (Lipinski definition) is 1. The summed E-state index contributed by atoms with van der Waals surface area (Å²) >= 11 is 0. The summed E-state index contributed by atoms with van der Waals surface area (Å²) < 4.78 is 11.3. The smallest absolute Gasteiger partial charge is 0.119 e. The van der Waals surface area contributed by atoms with E-state index >= 15 is 0 Å². The predicted molar refractivity (Wildman–Crippen MR) is 116 cm³/mol. The summed E-state index contributed by atoms with van der Waals surface area (Å²) in [4.78, 5) is 2.19. The molecule has 154 valence electrons. The summed E-state index contributed by atoms with van der Waals surface area (Å²) in [5, 5.41) is 10.6. The third-order valence-electron chi connectivity index (χ3n) is 4.94. The molecule has 1 unspecified atom stereocenters. The molecule has 3 aromatic rings. The van der Waals surface area contributed by atoms with Crippen LogP contribution in [0.2, 0.25) is 0 Å². The lowest BCUT2D eigenvalue weighted by Gasteiger charge is -2.24. The minimum absolute atomic E-state index is 0.254. The third-order valence-corrected chi connectivity index (χ3v) is 4.94. The summed E-state index contributed by atoms with van der Waals surface area (Å²) in [5.41, 5.74) is 3.73. The van der Waals surface area contributed by atoms with Crippen LogP contribution in [-0.2, 0) is 13.1 Å². The summed E-state index contributed by atoms with van der Waals surface area (Å²) in [5.74, 6) is 2.18. The summed E-state index contributed by atoms with van der Waals surface area (Å²) in [7, 11) is 0. The van der Waals surface area contributed by atoms with Crippen LogP contribution in [0.1, 0.15) is 42.2 Å². The molecule has 0 saturated heterocycles. The lowest BCUT2D eigenvalue weighted by molar-refractivity contribution is 0.0604. The molecule has 4 heteroatoms. The Labute approximate surface area is 173 Å². The van der Waals surface area contributed by atoms with Crippen molar-refractivity contribution in [2.75, 3.05) is 13.2 Å². The van der Waals surface area contributed by atoms with E-state index in [-0.39, 0.29) is 6.61 Å². The number of aryl methyl sites for hydroxylation is 1. The number of ether oxygens (including phenoxy) is 1. The fourth-order valence-electron chi connectivity index (χ4n) is 3.25. The zero-order valence-corrected chi connectivity index (χ0v) is 17.5. The van der Waals surface area contributed by atoms with Gasteiger partial charge in [-0.25, -0.2) is 0 Å². The largest absolute Gasteiger partial charge is 0.491 e. The van der Waals surface area contributed by atoms with Gasteiger partial charge in [-0.2, -0.15) is 0 Å². The molecule has 4 nitrogen and oxygen atoms in total. The molecule has 0 amide bonds. The summed E-state index contributed by atoms with van der Waals surface area (Å²) in [6.45, 7) is 8.56. The highest BCUT2D eigenvalue weighted by atomic mass is 16.5. The van der Waals surface area contributed by atoms with Gasteiger partial charge in [-0.1, -0.05) is 55.8 Å². The fraction of sp³-hybridized carbons (Fsp3) is 0.360. The van der Waals surface area contributed by atoms with Gasteiger partial charge in [-0.15, -0.1) is 0 Å². The maximum absolute atomic E-state index is 10.6. The Morgan fingerprint density at radius 2 is 1.69 bits per heavy atom. The van der Waals surface area contributed by atoms with Gasteiger partial charge in [-0.3, -0.25) is 4.90 Å². The molecule has 0 saturated carbocycles. The van der Waals surface area contributed by atoms with Crippen molar-refractivity contribution in [2.24, 2.45) is 0 Å². The number of aliphatic hydroxyl groups is 1. The van der Waals surface area contributed by atoms with Crippen LogP contribution in [0.25, 0.3) is 0 Å². The van der Waals surface area contributed by atoms with Crippen LogP contribution >= 0.6 is 0 Å². The first kappa shape index (κ1) is 21.2. The van der Waals surface area contributed by atoms with Gasteiger partial charge in [-0.05, 0) is 48.2 Å². The monoisotopic (exact) mass is 393 g/mol. The highest BCUT2D eigenvalue weighted by Gasteiger charge is 2.15. The predicted octanol–water partition coefficient (Wildman–Crippen LogP) is 5.15. The van der Waals surface area contributed by atoms with Crippen molar-refractivity contribution in [1.29, 1.82) is 0 Å². The zero-order chi connectivity index (χ0) is 20.6. The van der Waals surface area contributed by atoms with Crippen molar-refractivity contribution < 1.29 is 14.3 Å². The number of benzene rings is 2. The topological polar surface area (TPSA) is 45.8 Å². The molecule has 0 radical (unpaired) electrons. The molecule has 1 atom stereocenters. The standard InChI is InChI=1S/C25H31NO3/c1-19(2)22-10-8-21(9-11-22)15-26(17-25-5-4-14-28-25)16-23(27)18-29-24-12-6-20(3)7-13-24/h4-14,19,23,27H,15-18H2,1-3H3. The van der Waals surface area contributed by atoms with Gasteiger partial charge >= 0.3 is 0 Å². The van der Waals surface area contributed by atoms with E-state index in [0.29, 0.717) is 19.0 Å². The molecule has 0 spiro atoms. The highest BCUT2D eigenvalue weighted by molar-refractivity contribution is 5.26. The van der Waals surface area contributed by atoms with Gasteiger partial charge in [0.15, 0.2) is 0 Å². The van der Waals surface area contributed by atoms with Crippen molar-refractivity contribution >= 4 is 0 Å². The number of hydrogen-bond acceptors (Lipinski definition) is 4. The average Bonchev–Trinajstić information content (AvgIpc) is 3.21. The average molecular weight is 394 g/mol. The molecule has 1 N–H and O–H groups in total. The Kier molecular flexibility index (Phi) is 7.50. The van der Waals surface area contributed by atoms with Crippen molar-refractivity contribution in [2.45, 2.75) is 45.9 Å². The Bertz CT molecular complexity index is 839. The molecular formula is C25H31NO3. The van der Waals surface area contributed by atoms with Crippen LogP contribution in [0.4, 0.5) is 0 Å². The van der Waals surface area contributed by atoms with E-state index in [1.54, 1.807) is 6.26 Å². The van der Waals surface area contributed by atoms with Crippen molar-refractivity contribution in [3.05, 3.63) is 89.4 Å². The SMILES string of the molecule is Cc1ccc(OCC(O)CN(Cc2ccc(C(C)C)cc2)Cc2ccco2)cc1. The summed E-state index contributed by atoms with van der Waals surface area (Å²) in [6.07, 6.45) is 1.09. The second-order valence-corrected chi connectivity index (χ2v) is 7.92. The molecular weight excluding hydrogens is 362 g/mol. The summed E-state index contributed by atoms with van der Waals surface area (Å²) in [6, 6.07) is 20.4. The number of nitrogens with zero attached hydrogens (tertiary/aromatic N) is 1. The molecule has 1 aromatic heterocycles. The normalized spacial score (nSPS) is 12.5. The lowest BCUT2D eigenvalue weighted by Crippen LogP contribution is -2.35. The fourth-order valence-corrected chi connectivity index (χ4v) is 3.25. The first-order valence-corrected chi connectivity index (χ1v) is 10.2. The van der Waals surface area contributed by atoms with E-state index in [4.69, 9.17) is 9.15 Å². The Morgan fingerprint density at radius 1 is 0.966 bits per heavy atom. The van der Waals surface area contributed by atoms with Gasteiger partial charge < -0.3 is 14.3 Å². The van der Waals surface area contributed by atoms with Gasteiger partial charge in [0.1, 0.15) is 24.2 Å². The van der Waals surface area contributed by atoms with Gasteiger partial charge in [0, 0.05) is 13.1 Å². The van der Waals surface area contributed by atoms with Crippen molar-refractivity contribution in [3.63, 3.8) is 0 Å². The van der Waals surface area contributed by atoms with E-state index in [1.165, 1.54) is 16.7 Å². The third kappa shape index (κ3) is 6.77. The number of rotatable bonds is 10. The minimum Gasteiger partial charge on any atom is -0.491 e. The van der Waals surface area contributed by atoms with E-state index in [2.05, 4.69) is 43.0 Å².